The third-order valence-corrected chi connectivity index (χ3v) is 4.15. The first-order valence-electron chi connectivity index (χ1n) is 4.87. The van der Waals surface area contributed by atoms with Gasteiger partial charge in [0.2, 0.25) is 11.8 Å². The van der Waals surface area contributed by atoms with Crippen molar-refractivity contribution in [3.8, 4) is 11.5 Å². The zero-order chi connectivity index (χ0) is 11.8. The lowest BCUT2D eigenvalue weighted by atomic mass is 10.3. The number of rotatable bonds is 2. The number of nitrogens with zero attached hydrogens (tertiary/aromatic N) is 4. The van der Waals surface area contributed by atoms with Gasteiger partial charge in [-0.2, -0.15) is 0 Å². The van der Waals surface area contributed by atoms with Gasteiger partial charge in [0.05, 0.1) is 10.3 Å². The highest BCUT2D eigenvalue weighted by atomic mass is 32.2. The van der Waals surface area contributed by atoms with E-state index in [0.717, 1.165) is 20.3 Å². The van der Waals surface area contributed by atoms with Gasteiger partial charge in [-0.3, -0.25) is 0 Å². The summed E-state index contributed by atoms with van der Waals surface area (Å²) in [6, 6.07) is 1.98. The molecule has 0 amide bonds. The second-order valence-electron chi connectivity index (χ2n) is 3.36. The summed E-state index contributed by atoms with van der Waals surface area (Å²) in [7, 11) is 0. The van der Waals surface area contributed by atoms with Gasteiger partial charge in [-0.05, 0) is 12.3 Å². The predicted molar refractivity (Wildman–Crippen MR) is 67.2 cm³/mol. The van der Waals surface area contributed by atoms with Gasteiger partial charge in [-0.1, -0.05) is 11.8 Å². The van der Waals surface area contributed by atoms with E-state index in [4.69, 9.17) is 4.42 Å². The number of fused-ring (bicyclic) bond motifs is 1. The average molecular weight is 264 g/mol. The van der Waals surface area contributed by atoms with Crippen molar-refractivity contribution in [2.45, 2.75) is 11.3 Å². The van der Waals surface area contributed by atoms with Crippen LogP contribution in [0.1, 0.15) is 5.89 Å². The standard InChI is InChI=1S/C10H8N4OS2/c1-5-13-14-9(15-5)6-3-7-8(11-4-6)12-10(16-2)17-7/h3-4H,1-2H3. The van der Waals surface area contributed by atoms with E-state index in [1.54, 1.807) is 36.2 Å². The Morgan fingerprint density at radius 2 is 2.24 bits per heavy atom. The SMILES string of the molecule is CSc1nc2ncc(-c3nnc(C)o3)cc2s1. The van der Waals surface area contributed by atoms with Crippen LogP contribution in [-0.2, 0) is 0 Å². The van der Waals surface area contributed by atoms with Crippen LogP contribution in [0.2, 0.25) is 0 Å². The normalized spacial score (nSPS) is 11.2. The number of aryl methyl sites for hydroxylation is 1. The molecule has 0 fully saturated rings. The van der Waals surface area contributed by atoms with Crippen LogP contribution in [0, 0.1) is 6.92 Å². The molecule has 0 radical (unpaired) electrons. The van der Waals surface area contributed by atoms with E-state index in [1.807, 2.05) is 12.3 Å². The summed E-state index contributed by atoms with van der Waals surface area (Å²) in [4.78, 5) is 8.67. The molecule has 0 atom stereocenters. The van der Waals surface area contributed by atoms with Crippen LogP contribution in [-0.4, -0.2) is 26.4 Å². The first-order chi connectivity index (χ1) is 8.26. The Balaban J connectivity index is 2.12. The molecule has 0 aliphatic rings. The molecular weight excluding hydrogens is 256 g/mol. The van der Waals surface area contributed by atoms with Gasteiger partial charge >= 0.3 is 0 Å². The number of pyridine rings is 1. The van der Waals surface area contributed by atoms with E-state index < -0.39 is 0 Å². The van der Waals surface area contributed by atoms with Crippen LogP contribution in [0.4, 0.5) is 0 Å². The molecule has 17 heavy (non-hydrogen) atoms. The molecule has 0 unspecified atom stereocenters. The highest BCUT2D eigenvalue weighted by Gasteiger charge is 2.10. The fourth-order valence-electron chi connectivity index (χ4n) is 1.42. The molecule has 7 heteroatoms. The van der Waals surface area contributed by atoms with Crippen molar-refractivity contribution in [2.24, 2.45) is 0 Å². The second kappa shape index (κ2) is 4.08. The summed E-state index contributed by atoms with van der Waals surface area (Å²) < 4.78 is 7.40. The number of hydrogen-bond acceptors (Lipinski definition) is 7. The van der Waals surface area contributed by atoms with Crippen molar-refractivity contribution < 1.29 is 4.42 Å². The van der Waals surface area contributed by atoms with Crippen molar-refractivity contribution in [1.29, 1.82) is 0 Å². The van der Waals surface area contributed by atoms with Gasteiger partial charge in [-0.15, -0.1) is 21.5 Å². The molecule has 0 spiro atoms. The Kier molecular flexibility index (Phi) is 2.56. The van der Waals surface area contributed by atoms with Crippen molar-refractivity contribution in [3.05, 3.63) is 18.2 Å². The van der Waals surface area contributed by atoms with Crippen molar-refractivity contribution >= 4 is 33.4 Å². The summed E-state index contributed by atoms with van der Waals surface area (Å²) in [5, 5.41) is 7.78. The summed E-state index contributed by atoms with van der Waals surface area (Å²) >= 11 is 3.23. The quantitative estimate of drug-likeness (QED) is 0.663. The third kappa shape index (κ3) is 1.91. The number of thioether (sulfide) groups is 1. The number of thiazole rings is 1. The Hall–Kier alpha value is -1.47. The highest BCUT2D eigenvalue weighted by Crippen LogP contribution is 2.29. The first-order valence-corrected chi connectivity index (χ1v) is 6.91. The van der Waals surface area contributed by atoms with Gasteiger partial charge in [0, 0.05) is 13.1 Å². The Labute approximate surface area is 105 Å². The molecule has 0 aliphatic heterocycles. The predicted octanol–water partition coefficient (Wildman–Crippen LogP) is 2.77. The van der Waals surface area contributed by atoms with E-state index in [1.165, 1.54) is 0 Å². The summed E-state index contributed by atoms with van der Waals surface area (Å²) in [5.74, 6) is 1.05. The van der Waals surface area contributed by atoms with Crippen LogP contribution in [0.3, 0.4) is 0 Å². The third-order valence-electron chi connectivity index (χ3n) is 2.17. The number of hydrogen-bond donors (Lipinski definition) is 0. The summed E-state index contributed by atoms with van der Waals surface area (Å²) in [5.41, 5.74) is 1.59. The fraction of sp³-hybridized carbons (Fsp3) is 0.200. The fourth-order valence-corrected chi connectivity index (χ4v) is 2.89. The second-order valence-corrected chi connectivity index (χ2v) is 5.44. The van der Waals surface area contributed by atoms with Crippen LogP contribution in [0.15, 0.2) is 21.0 Å². The molecule has 86 valence electrons. The zero-order valence-corrected chi connectivity index (χ0v) is 10.8. The molecule has 0 saturated heterocycles. The van der Waals surface area contributed by atoms with Crippen molar-refractivity contribution in [1.82, 2.24) is 20.2 Å². The van der Waals surface area contributed by atoms with Crippen LogP contribution in [0.25, 0.3) is 21.8 Å². The molecule has 0 saturated carbocycles. The maximum Gasteiger partial charge on any atom is 0.249 e. The van der Waals surface area contributed by atoms with E-state index in [2.05, 4.69) is 20.2 Å². The maximum absolute atomic E-state index is 5.37. The Bertz CT molecular complexity index is 676. The summed E-state index contributed by atoms with van der Waals surface area (Å²) in [6.07, 6.45) is 3.71. The largest absolute Gasteiger partial charge is 0.421 e. The first kappa shape index (κ1) is 10.7. The molecule has 0 N–H and O–H groups in total. The Morgan fingerprint density at radius 3 is 2.94 bits per heavy atom. The van der Waals surface area contributed by atoms with E-state index in [0.29, 0.717) is 11.8 Å². The average Bonchev–Trinajstić information content (AvgIpc) is 2.93. The van der Waals surface area contributed by atoms with Gasteiger partial charge in [0.25, 0.3) is 0 Å². The smallest absolute Gasteiger partial charge is 0.249 e. The van der Waals surface area contributed by atoms with Gasteiger partial charge in [0.1, 0.15) is 0 Å². The lowest BCUT2D eigenvalue weighted by Crippen LogP contribution is -1.81. The maximum atomic E-state index is 5.37. The van der Waals surface area contributed by atoms with E-state index >= 15 is 0 Å². The van der Waals surface area contributed by atoms with E-state index in [9.17, 15) is 0 Å². The van der Waals surface area contributed by atoms with Crippen LogP contribution >= 0.6 is 23.1 Å². The zero-order valence-electron chi connectivity index (χ0n) is 9.17. The minimum absolute atomic E-state index is 0.496. The van der Waals surface area contributed by atoms with Gasteiger partial charge in [0.15, 0.2) is 9.99 Å². The molecule has 3 aromatic rings. The van der Waals surface area contributed by atoms with Crippen molar-refractivity contribution in [2.75, 3.05) is 6.26 Å². The van der Waals surface area contributed by atoms with Crippen LogP contribution in [0.5, 0.6) is 0 Å². The number of aromatic nitrogens is 4. The van der Waals surface area contributed by atoms with E-state index in [-0.39, 0.29) is 0 Å². The molecule has 3 aromatic heterocycles. The molecule has 0 aromatic carbocycles. The minimum atomic E-state index is 0.496. The van der Waals surface area contributed by atoms with Crippen LogP contribution < -0.4 is 0 Å². The van der Waals surface area contributed by atoms with Gasteiger partial charge in [-0.25, -0.2) is 9.97 Å². The molecule has 3 heterocycles. The molecule has 0 bridgehead atoms. The Morgan fingerprint density at radius 1 is 1.35 bits per heavy atom. The monoisotopic (exact) mass is 264 g/mol. The molecule has 3 rings (SSSR count). The molecule has 5 nitrogen and oxygen atoms in total. The summed E-state index contributed by atoms with van der Waals surface area (Å²) in [6.45, 7) is 1.76. The molecule has 0 aliphatic carbocycles. The van der Waals surface area contributed by atoms with Crippen molar-refractivity contribution in [3.63, 3.8) is 0 Å². The molecular formula is C10H8N4OS2. The minimum Gasteiger partial charge on any atom is -0.421 e. The topological polar surface area (TPSA) is 64.7 Å². The lowest BCUT2D eigenvalue weighted by molar-refractivity contribution is 0.532. The highest BCUT2D eigenvalue weighted by molar-refractivity contribution is 8.00. The van der Waals surface area contributed by atoms with Gasteiger partial charge < -0.3 is 4.42 Å². The lowest BCUT2D eigenvalue weighted by Gasteiger charge is -1.92.